The van der Waals surface area contributed by atoms with Gasteiger partial charge in [-0.1, -0.05) is 18.6 Å². The first kappa shape index (κ1) is 15.0. The lowest BCUT2D eigenvalue weighted by molar-refractivity contribution is 0.182. The molecule has 20 heavy (non-hydrogen) atoms. The summed E-state index contributed by atoms with van der Waals surface area (Å²) in [6, 6.07) is 3.46. The second-order valence-electron chi connectivity index (χ2n) is 5.02. The molecule has 6 heteroatoms. The van der Waals surface area contributed by atoms with E-state index in [4.69, 9.17) is 22.7 Å². The van der Waals surface area contributed by atoms with Crippen LogP contribution < -0.4 is 16.0 Å². The molecule has 0 aliphatic carbocycles. The van der Waals surface area contributed by atoms with Gasteiger partial charge in [0.05, 0.1) is 11.5 Å². The SMILES string of the molecule is NC(=S)Cn1cccc(OCCN2CCCCC2)c1=O. The molecule has 0 saturated carbocycles. The second kappa shape index (κ2) is 7.40. The Hall–Kier alpha value is -1.40. The van der Waals surface area contributed by atoms with Crippen LogP contribution >= 0.6 is 12.2 Å². The van der Waals surface area contributed by atoms with Crippen LogP contribution in [0.4, 0.5) is 0 Å². The summed E-state index contributed by atoms with van der Waals surface area (Å²) in [4.78, 5) is 14.8. The smallest absolute Gasteiger partial charge is 0.293 e. The van der Waals surface area contributed by atoms with Crippen LogP contribution in [0.15, 0.2) is 23.1 Å². The van der Waals surface area contributed by atoms with Crippen LogP contribution in [0.2, 0.25) is 0 Å². The average Bonchev–Trinajstić information content (AvgIpc) is 2.43. The van der Waals surface area contributed by atoms with Crippen LogP contribution in [-0.2, 0) is 6.54 Å². The molecule has 1 fully saturated rings. The van der Waals surface area contributed by atoms with Crippen molar-refractivity contribution in [1.29, 1.82) is 0 Å². The van der Waals surface area contributed by atoms with Crippen molar-refractivity contribution in [2.24, 2.45) is 5.73 Å². The minimum atomic E-state index is -0.182. The molecule has 2 N–H and O–H groups in total. The summed E-state index contributed by atoms with van der Waals surface area (Å²) in [6.07, 6.45) is 5.50. The normalized spacial score (nSPS) is 16.0. The molecule has 0 atom stereocenters. The molecular weight excluding hydrogens is 274 g/mol. The molecule has 2 heterocycles. The molecule has 1 aromatic heterocycles. The van der Waals surface area contributed by atoms with Crippen molar-refractivity contribution >= 4 is 17.2 Å². The van der Waals surface area contributed by atoms with E-state index in [2.05, 4.69) is 4.90 Å². The van der Waals surface area contributed by atoms with Crippen LogP contribution in [0, 0.1) is 0 Å². The Morgan fingerprint density at radius 2 is 2.10 bits per heavy atom. The highest BCUT2D eigenvalue weighted by Gasteiger charge is 2.10. The molecule has 2 rings (SSSR count). The number of hydrogen-bond acceptors (Lipinski definition) is 4. The van der Waals surface area contributed by atoms with Crippen LogP contribution in [0.5, 0.6) is 5.75 Å². The maximum atomic E-state index is 12.1. The number of ether oxygens (including phenoxy) is 1. The Bertz CT molecular complexity index is 509. The Morgan fingerprint density at radius 3 is 2.80 bits per heavy atom. The number of hydrogen-bond donors (Lipinski definition) is 1. The first-order valence-electron chi connectivity index (χ1n) is 7.00. The van der Waals surface area contributed by atoms with Gasteiger partial charge in [-0.2, -0.15) is 0 Å². The van der Waals surface area contributed by atoms with E-state index < -0.39 is 0 Å². The van der Waals surface area contributed by atoms with Gasteiger partial charge in [0.25, 0.3) is 5.56 Å². The third-order valence-electron chi connectivity index (χ3n) is 3.43. The first-order chi connectivity index (χ1) is 9.66. The lowest BCUT2D eigenvalue weighted by atomic mass is 10.1. The monoisotopic (exact) mass is 295 g/mol. The Balaban J connectivity index is 1.89. The van der Waals surface area contributed by atoms with Crippen molar-refractivity contribution in [3.05, 3.63) is 28.7 Å². The molecule has 1 aliphatic heterocycles. The van der Waals surface area contributed by atoms with Crippen molar-refractivity contribution in [3.8, 4) is 5.75 Å². The number of piperidine rings is 1. The van der Waals surface area contributed by atoms with E-state index in [1.54, 1.807) is 18.3 Å². The maximum absolute atomic E-state index is 12.1. The van der Waals surface area contributed by atoms with E-state index in [0.717, 1.165) is 19.6 Å². The lowest BCUT2D eigenvalue weighted by Crippen LogP contribution is -2.34. The first-order valence-corrected chi connectivity index (χ1v) is 7.40. The molecule has 5 nitrogen and oxygen atoms in total. The van der Waals surface area contributed by atoms with E-state index in [1.165, 1.54) is 23.8 Å². The van der Waals surface area contributed by atoms with Gasteiger partial charge in [0.2, 0.25) is 0 Å². The zero-order valence-electron chi connectivity index (χ0n) is 11.6. The molecule has 0 amide bonds. The molecule has 1 saturated heterocycles. The van der Waals surface area contributed by atoms with Crippen LogP contribution in [-0.4, -0.2) is 40.7 Å². The highest BCUT2D eigenvalue weighted by atomic mass is 32.1. The number of nitrogens with two attached hydrogens (primary N) is 1. The van der Waals surface area contributed by atoms with Gasteiger partial charge >= 0.3 is 0 Å². The van der Waals surface area contributed by atoms with Crippen LogP contribution in [0.25, 0.3) is 0 Å². The van der Waals surface area contributed by atoms with Gasteiger partial charge in [0.1, 0.15) is 6.61 Å². The molecule has 1 aliphatic rings. The molecule has 0 radical (unpaired) electrons. The predicted molar refractivity (Wildman–Crippen MR) is 83.3 cm³/mol. The standard InChI is InChI=1S/C14H21N3O2S/c15-13(20)11-17-8-4-5-12(14(17)18)19-10-9-16-6-2-1-3-7-16/h4-5,8H,1-3,6-7,9-11H2,(H2,15,20). The summed E-state index contributed by atoms with van der Waals surface area (Å²) < 4.78 is 7.07. The number of aromatic nitrogens is 1. The van der Waals surface area contributed by atoms with Gasteiger partial charge in [-0.25, -0.2) is 0 Å². The van der Waals surface area contributed by atoms with Crippen molar-refractivity contribution in [2.75, 3.05) is 26.2 Å². The van der Waals surface area contributed by atoms with Gasteiger partial charge in [-0.15, -0.1) is 0 Å². The maximum Gasteiger partial charge on any atom is 0.293 e. The zero-order valence-corrected chi connectivity index (χ0v) is 12.4. The van der Waals surface area contributed by atoms with Crippen molar-refractivity contribution in [1.82, 2.24) is 9.47 Å². The minimum Gasteiger partial charge on any atom is -0.487 e. The Labute approximate surface area is 124 Å². The molecule has 0 bridgehead atoms. The van der Waals surface area contributed by atoms with Gasteiger partial charge in [0.15, 0.2) is 5.75 Å². The predicted octanol–water partition coefficient (Wildman–Crippen LogP) is 0.999. The highest BCUT2D eigenvalue weighted by Crippen LogP contribution is 2.08. The number of pyridine rings is 1. The summed E-state index contributed by atoms with van der Waals surface area (Å²) in [7, 11) is 0. The molecule has 110 valence electrons. The van der Waals surface area contributed by atoms with E-state index in [1.807, 2.05) is 0 Å². The van der Waals surface area contributed by atoms with E-state index in [9.17, 15) is 4.79 Å². The number of thiocarbonyl (C=S) groups is 1. The fourth-order valence-corrected chi connectivity index (χ4v) is 2.52. The van der Waals surface area contributed by atoms with E-state index >= 15 is 0 Å². The molecule has 0 aromatic carbocycles. The fourth-order valence-electron chi connectivity index (χ4n) is 2.38. The van der Waals surface area contributed by atoms with E-state index in [-0.39, 0.29) is 17.1 Å². The van der Waals surface area contributed by atoms with Gasteiger partial charge in [-0.05, 0) is 38.1 Å². The number of rotatable bonds is 6. The van der Waals surface area contributed by atoms with Crippen LogP contribution in [0.1, 0.15) is 19.3 Å². The summed E-state index contributed by atoms with van der Waals surface area (Å²) >= 11 is 4.82. The third kappa shape index (κ3) is 4.31. The number of nitrogens with zero attached hydrogens (tertiary/aromatic N) is 2. The number of likely N-dealkylation sites (tertiary alicyclic amines) is 1. The zero-order chi connectivity index (χ0) is 14.4. The van der Waals surface area contributed by atoms with Crippen molar-refractivity contribution in [2.45, 2.75) is 25.8 Å². The largest absolute Gasteiger partial charge is 0.487 e. The minimum absolute atomic E-state index is 0.182. The molecule has 1 aromatic rings. The summed E-state index contributed by atoms with van der Waals surface area (Å²) in [6.45, 7) is 3.90. The summed E-state index contributed by atoms with van der Waals surface area (Å²) in [5.74, 6) is 0.362. The second-order valence-corrected chi connectivity index (χ2v) is 5.55. The summed E-state index contributed by atoms with van der Waals surface area (Å²) in [5.41, 5.74) is 5.28. The topological polar surface area (TPSA) is 60.5 Å². The molecule has 0 spiro atoms. The highest BCUT2D eigenvalue weighted by molar-refractivity contribution is 7.80. The third-order valence-corrected chi connectivity index (χ3v) is 3.55. The average molecular weight is 295 g/mol. The Kier molecular flexibility index (Phi) is 5.55. The summed E-state index contributed by atoms with van der Waals surface area (Å²) in [5, 5.41) is 0. The van der Waals surface area contributed by atoms with Crippen molar-refractivity contribution < 1.29 is 4.74 Å². The van der Waals surface area contributed by atoms with E-state index in [0.29, 0.717) is 12.4 Å². The van der Waals surface area contributed by atoms with Crippen LogP contribution in [0.3, 0.4) is 0 Å². The van der Waals surface area contributed by atoms with Gasteiger partial charge in [-0.3, -0.25) is 9.69 Å². The van der Waals surface area contributed by atoms with Gasteiger partial charge < -0.3 is 15.0 Å². The lowest BCUT2D eigenvalue weighted by Gasteiger charge is -2.26. The quantitative estimate of drug-likeness (QED) is 0.793. The molecular formula is C14H21N3O2S. The Morgan fingerprint density at radius 1 is 1.35 bits per heavy atom. The molecule has 0 unspecified atom stereocenters. The van der Waals surface area contributed by atoms with Crippen molar-refractivity contribution in [3.63, 3.8) is 0 Å². The van der Waals surface area contributed by atoms with Gasteiger partial charge in [0, 0.05) is 12.7 Å². The fraction of sp³-hybridized carbons (Fsp3) is 0.571.